The predicted octanol–water partition coefficient (Wildman–Crippen LogP) is 4.88. The second-order valence-electron chi connectivity index (χ2n) is 3.18. The minimum absolute atomic E-state index is 0.175. The van der Waals surface area contributed by atoms with E-state index in [1.54, 1.807) is 30.4 Å². The maximum atomic E-state index is 13.1. The number of ether oxygens (including phenoxy) is 1. The summed E-state index contributed by atoms with van der Waals surface area (Å²) >= 11 is 0. The fraction of sp³-hybridized carbons (Fsp3) is 0.200. The van der Waals surface area contributed by atoms with Crippen molar-refractivity contribution < 1.29 is 9.13 Å². The molecule has 0 saturated carbocycles. The number of halogens is 1. The standard InChI is InChI=1S/C13H13FO.C2H6/c1-10(2)8-9-11(3)15-13-7-5-4-6-12(13)14;1-2/h4-9H,1,3H2,2H3;1-2H3/b9-8-;. The van der Waals surface area contributed by atoms with E-state index in [4.69, 9.17) is 4.74 Å². The van der Waals surface area contributed by atoms with E-state index in [-0.39, 0.29) is 5.75 Å². The Balaban J connectivity index is 0.00000121. The lowest BCUT2D eigenvalue weighted by atomic mass is 10.3. The van der Waals surface area contributed by atoms with Gasteiger partial charge in [-0.1, -0.05) is 50.8 Å². The van der Waals surface area contributed by atoms with E-state index in [1.165, 1.54) is 6.07 Å². The third kappa shape index (κ3) is 6.36. The van der Waals surface area contributed by atoms with E-state index >= 15 is 0 Å². The van der Waals surface area contributed by atoms with Gasteiger partial charge in [0.05, 0.1) is 0 Å². The molecule has 1 rings (SSSR count). The molecule has 0 radical (unpaired) electrons. The van der Waals surface area contributed by atoms with Gasteiger partial charge in [-0.25, -0.2) is 4.39 Å². The minimum Gasteiger partial charge on any atom is -0.455 e. The summed E-state index contributed by atoms with van der Waals surface area (Å²) in [6.45, 7) is 13.2. The summed E-state index contributed by atoms with van der Waals surface area (Å²) in [5, 5.41) is 0. The molecule has 0 atom stereocenters. The van der Waals surface area contributed by atoms with Gasteiger partial charge in [0, 0.05) is 0 Å². The first kappa shape index (κ1) is 15.2. The summed E-state index contributed by atoms with van der Waals surface area (Å²) in [5.41, 5.74) is 0.883. The van der Waals surface area contributed by atoms with Gasteiger partial charge in [-0.15, -0.1) is 0 Å². The second kappa shape index (κ2) is 8.34. The number of rotatable bonds is 4. The maximum Gasteiger partial charge on any atom is 0.165 e. The Hall–Kier alpha value is -1.83. The largest absolute Gasteiger partial charge is 0.455 e. The fourth-order valence-corrected chi connectivity index (χ4v) is 0.938. The highest BCUT2D eigenvalue weighted by Gasteiger charge is 2.01. The molecule has 1 aromatic carbocycles. The van der Waals surface area contributed by atoms with Gasteiger partial charge < -0.3 is 4.74 Å². The zero-order valence-electron chi connectivity index (χ0n) is 10.7. The Morgan fingerprint density at radius 3 is 2.29 bits per heavy atom. The van der Waals surface area contributed by atoms with E-state index in [9.17, 15) is 4.39 Å². The molecule has 0 aliphatic rings. The van der Waals surface area contributed by atoms with Crippen LogP contribution in [0.3, 0.4) is 0 Å². The third-order valence-corrected chi connectivity index (χ3v) is 1.63. The molecule has 92 valence electrons. The predicted molar refractivity (Wildman–Crippen MR) is 71.5 cm³/mol. The summed E-state index contributed by atoms with van der Waals surface area (Å²) in [6, 6.07) is 6.20. The van der Waals surface area contributed by atoms with Crippen LogP contribution < -0.4 is 4.74 Å². The summed E-state index contributed by atoms with van der Waals surface area (Å²) in [5.74, 6) is 0.152. The van der Waals surface area contributed by atoms with Crippen LogP contribution >= 0.6 is 0 Å². The highest BCUT2D eigenvalue weighted by atomic mass is 19.1. The summed E-state index contributed by atoms with van der Waals surface area (Å²) in [6.07, 6.45) is 3.40. The smallest absolute Gasteiger partial charge is 0.165 e. The van der Waals surface area contributed by atoms with Gasteiger partial charge in [0.15, 0.2) is 11.6 Å². The molecule has 1 nitrogen and oxygen atoms in total. The number of hydrogen-bond acceptors (Lipinski definition) is 1. The third-order valence-electron chi connectivity index (χ3n) is 1.63. The van der Waals surface area contributed by atoms with Crippen molar-refractivity contribution >= 4 is 0 Å². The number of allylic oxidation sites excluding steroid dienone is 3. The van der Waals surface area contributed by atoms with Crippen LogP contribution in [0.2, 0.25) is 0 Å². The lowest BCUT2D eigenvalue weighted by Gasteiger charge is -2.05. The van der Waals surface area contributed by atoms with Crippen molar-refractivity contribution in [2.24, 2.45) is 0 Å². The molecule has 0 spiro atoms. The normalized spacial score (nSPS) is 9.41. The molecule has 0 amide bonds. The van der Waals surface area contributed by atoms with Crippen LogP contribution in [0.1, 0.15) is 20.8 Å². The molecule has 0 heterocycles. The molecule has 0 N–H and O–H groups in total. The zero-order chi connectivity index (χ0) is 13.3. The molecule has 0 saturated heterocycles. The molecule has 0 aliphatic heterocycles. The Bertz CT molecular complexity index is 405. The summed E-state index contributed by atoms with van der Waals surface area (Å²) in [4.78, 5) is 0. The number of hydrogen-bond donors (Lipinski definition) is 0. The van der Waals surface area contributed by atoms with E-state index in [2.05, 4.69) is 13.2 Å². The molecule has 17 heavy (non-hydrogen) atoms. The molecule has 1 aromatic rings. The SMILES string of the molecule is C=C(C)/C=C\C(=C)Oc1ccccc1F.CC. The zero-order valence-corrected chi connectivity index (χ0v) is 10.7. The van der Waals surface area contributed by atoms with Crippen molar-refractivity contribution in [3.63, 3.8) is 0 Å². The molecule has 0 bridgehead atoms. The Morgan fingerprint density at radius 1 is 1.18 bits per heavy atom. The average molecular weight is 234 g/mol. The molecule has 0 fully saturated rings. The fourth-order valence-electron chi connectivity index (χ4n) is 0.938. The topological polar surface area (TPSA) is 9.23 Å². The van der Waals surface area contributed by atoms with Crippen LogP contribution in [0.4, 0.5) is 4.39 Å². The molecule has 0 aliphatic carbocycles. The van der Waals surface area contributed by atoms with Gasteiger partial charge in [-0.2, -0.15) is 0 Å². The van der Waals surface area contributed by atoms with Gasteiger partial charge in [0.1, 0.15) is 5.76 Å². The van der Waals surface area contributed by atoms with Crippen LogP contribution in [0.15, 0.2) is 60.9 Å². The van der Waals surface area contributed by atoms with E-state index in [0.29, 0.717) is 5.76 Å². The van der Waals surface area contributed by atoms with Crippen LogP contribution in [0.5, 0.6) is 5.75 Å². The number of benzene rings is 1. The maximum absolute atomic E-state index is 13.1. The first-order valence-corrected chi connectivity index (χ1v) is 5.54. The molecular formula is C15H19FO. The van der Waals surface area contributed by atoms with Crippen molar-refractivity contribution in [1.82, 2.24) is 0 Å². The molecule has 0 unspecified atom stereocenters. The highest BCUT2D eigenvalue weighted by Crippen LogP contribution is 2.18. The van der Waals surface area contributed by atoms with Crippen molar-refractivity contribution in [3.8, 4) is 5.75 Å². The minimum atomic E-state index is -0.401. The summed E-state index contributed by atoms with van der Waals surface area (Å²) < 4.78 is 18.3. The Morgan fingerprint density at radius 2 is 1.76 bits per heavy atom. The first-order valence-electron chi connectivity index (χ1n) is 5.54. The highest BCUT2D eigenvalue weighted by molar-refractivity contribution is 5.28. The number of para-hydroxylation sites is 1. The van der Waals surface area contributed by atoms with Crippen LogP contribution in [0.25, 0.3) is 0 Å². The molecule has 2 heteroatoms. The quantitative estimate of drug-likeness (QED) is 0.533. The molecular weight excluding hydrogens is 215 g/mol. The van der Waals surface area contributed by atoms with E-state index < -0.39 is 5.82 Å². The van der Waals surface area contributed by atoms with E-state index in [0.717, 1.165) is 5.57 Å². The van der Waals surface area contributed by atoms with Gasteiger partial charge in [0.2, 0.25) is 0 Å². The Kier molecular flexibility index (Phi) is 7.44. The van der Waals surface area contributed by atoms with E-state index in [1.807, 2.05) is 20.8 Å². The van der Waals surface area contributed by atoms with Crippen molar-refractivity contribution in [2.45, 2.75) is 20.8 Å². The van der Waals surface area contributed by atoms with Crippen molar-refractivity contribution in [1.29, 1.82) is 0 Å². The van der Waals surface area contributed by atoms with Crippen LogP contribution in [-0.2, 0) is 0 Å². The molecule has 0 aromatic heterocycles. The van der Waals surface area contributed by atoms with Gasteiger partial charge >= 0.3 is 0 Å². The van der Waals surface area contributed by atoms with Crippen LogP contribution in [0, 0.1) is 5.82 Å². The monoisotopic (exact) mass is 234 g/mol. The van der Waals surface area contributed by atoms with Crippen molar-refractivity contribution in [3.05, 3.63) is 66.7 Å². The summed E-state index contributed by atoms with van der Waals surface area (Å²) in [7, 11) is 0. The van der Waals surface area contributed by atoms with Gasteiger partial charge in [-0.3, -0.25) is 0 Å². The van der Waals surface area contributed by atoms with Crippen molar-refractivity contribution in [2.75, 3.05) is 0 Å². The lowest BCUT2D eigenvalue weighted by Crippen LogP contribution is -1.92. The van der Waals surface area contributed by atoms with Crippen LogP contribution in [-0.4, -0.2) is 0 Å². The van der Waals surface area contributed by atoms with Gasteiger partial charge in [0.25, 0.3) is 0 Å². The Labute approximate surface area is 103 Å². The lowest BCUT2D eigenvalue weighted by molar-refractivity contribution is 0.414. The second-order valence-corrected chi connectivity index (χ2v) is 3.18. The van der Waals surface area contributed by atoms with Gasteiger partial charge in [-0.05, 0) is 25.1 Å². The first-order chi connectivity index (χ1) is 8.09. The average Bonchev–Trinajstić information content (AvgIpc) is 2.32.